The lowest BCUT2D eigenvalue weighted by atomic mass is 9.98. The second-order valence-electron chi connectivity index (χ2n) is 8.04. The van der Waals surface area contributed by atoms with Gasteiger partial charge in [0, 0.05) is 40.3 Å². The zero-order valence-electron chi connectivity index (χ0n) is 18.8. The fraction of sp³-hybridized carbons (Fsp3) is 0.269. The molecule has 0 spiro atoms. The fourth-order valence-electron chi connectivity index (χ4n) is 3.96. The van der Waals surface area contributed by atoms with Crippen LogP contribution in [0.25, 0.3) is 22.4 Å². The van der Waals surface area contributed by atoms with Gasteiger partial charge in [-0.25, -0.2) is 9.78 Å². The number of hydrogen-bond donors (Lipinski definition) is 1. The Morgan fingerprint density at radius 1 is 0.941 bits per heavy atom. The van der Waals surface area contributed by atoms with Gasteiger partial charge < -0.3 is 15.0 Å². The summed E-state index contributed by atoms with van der Waals surface area (Å²) < 4.78 is 5.06. The smallest absolute Gasteiger partial charge is 0.409 e. The quantitative estimate of drug-likeness (QED) is 0.463. The minimum atomic E-state index is -0.306. The third kappa shape index (κ3) is 5.69. The van der Waals surface area contributed by atoms with E-state index in [1.165, 1.54) is 0 Å². The SMILES string of the molecule is CCOC(=O)N1CCC(NC(=O)c2ccc(-c3ccc(Cl)cc3)c(-c3ccc(Cl)cc3)n2)CC1. The molecule has 0 bridgehead atoms. The van der Waals surface area contributed by atoms with Crippen molar-refractivity contribution in [3.05, 3.63) is 76.4 Å². The summed E-state index contributed by atoms with van der Waals surface area (Å²) in [4.78, 5) is 31.3. The summed E-state index contributed by atoms with van der Waals surface area (Å²) >= 11 is 12.1. The van der Waals surface area contributed by atoms with Crippen LogP contribution in [-0.4, -0.2) is 47.6 Å². The summed E-state index contributed by atoms with van der Waals surface area (Å²) in [7, 11) is 0. The molecule has 34 heavy (non-hydrogen) atoms. The Balaban J connectivity index is 1.55. The Kier molecular flexibility index (Phi) is 7.70. The lowest BCUT2D eigenvalue weighted by Crippen LogP contribution is -2.46. The molecule has 2 heterocycles. The molecule has 1 fully saturated rings. The van der Waals surface area contributed by atoms with Crippen LogP contribution in [0.3, 0.4) is 0 Å². The highest BCUT2D eigenvalue weighted by Crippen LogP contribution is 2.32. The number of piperidine rings is 1. The maximum atomic E-state index is 13.0. The van der Waals surface area contributed by atoms with E-state index in [1.54, 1.807) is 30.0 Å². The number of rotatable bonds is 5. The molecule has 2 amide bonds. The van der Waals surface area contributed by atoms with E-state index in [9.17, 15) is 9.59 Å². The predicted molar refractivity (Wildman–Crippen MR) is 134 cm³/mol. The molecular weight excluding hydrogens is 473 g/mol. The van der Waals surface area contributed by atoms with E-state index in [0.717, 1.165) is 16.7 Å². The van der Waals surface area contributed by atoms with Crippen molar-refractivity contribution in [1.82, 2.24) is 15.2 Å². The van der Waals surface area contributed by atoms with E-state index >= 15 is 0 Å². The second-order valence-corrected chi connectivity index (χ2v) is 8.91. The number of nitrogens with zero attached hydrogens (tertiary/aromatic N) is 2. The molecule has 1 N–H and O–H groups in total. The van der Waals surface area contributed by atoms with E-state index in [0.29, 0.717) is 54.0 Å². The van der Waals surface area contributed by atoms with Gasteiger partial charge in [-0.05, 0) is 61.7 Å². The molecule has 176 valence electrons. The van der Waals surface area contributed by atoms with Gasteiger partial charge in [0.15, 0.2) is 0 Å². The van der Waals surface area contributed by atoms with Crippen molar-refractivity contribution in [2.75, 3.05) is 19.7 Å². The van der Waals surface area contributed by atoms with Crippen molar-refractivity contribution in [2.45, 2.75) is 25.8 Å². The topological polar surface area (TPSA) is 71.5 Å². The number of aromatic nitrogens is 1. The zero-order chi connectivity index (χ0) is 24.1. The van der Waals surface area contributed by atoms with Gasteiger partial charge in [0.2, 0.25) is 0 Å². The molecule has 4 rings (SSSR count). The van der Waals surface area contributed by atoms with Gasteiger partial charge in [0.1, 0.15) is 5.69 Å². The number of hydrogen-bond acceptors (Lipinski definition) is 4. The van der Waals surface area contributed by atoms with Gasteiger partial charge in [0.05, 0.1) is 12.3 Å². The molecule has 0 atom stereocenters. The molecule has 1 aliphatic rings. The maximum Gasteiger partial charge on any atom is 0.409 e. The molecule has 1 saturated heterocycles. The Bertz CT molecular complexity index is 1160. The van der Waals surface area contributed by atoms with Gasteiger partial charge in [-0.1, -0.05) is 47.5 Å². The van der Waals surface area contributed by atoms with E-state index in [1.807, 2.05) is 42.5 Å². The third-order valence-corrected chi connectivity index (χ3v) is 6.26. The van der Waals surface area contributed by atoms with Crippen molar-refractivity contribution in [2.24, 2.45) is 0 Å². The first-order chi connectivity index (χ1) is 16.4. The van der Waals surface area contributed by atoms with E-state index in [4.69, 9.17) is 32.9 Å². The van der Waals surface area contributed by atoms with Gasteiger partial charge in [-0.2, -0.15) is 0 Å². The van der Waals surface area contributed by atoms with Crippen LogP contribution in [0.5, 0.6) is 0 Å². The summed E-state index contributed by atoms with van der Waals surface area (Å²) in [6.07, 6.45) is 1.02. The van der Waals surface area contributed by atoms with Crippen LogP contribution in [0.4, 0.5) is 4.79 Å². The van der Waals surface area contributed by atoms with Gasteiger partial charge in [-0.15, -0.1) is 0 Å². The maximum absolute atomic E-state index is 13.0. The largest absolute Gasteiger partial charge is 0.450 e. The first-order valence-corrected chi connectivity index (χ1v) is 12.0. The summed E-state index contributed by atoms with van der Waals surface area (Å²) in [6, 6.07) is 18.5. The van der Waals surface area contributed by atoms with Crippen molar-refractivity contribution in [1.29, 1.82) is 0 Å². The molecular formula is C26H25Cl2N3O3. The monoisotopic (exact) mass is 497 g/mol. The van der Waals surface area contributed by atoms with Crippen LogP contribution in [-0.2, 0) is 4.74 Å². The first-order valence-electron chi connectivity index (χ1n) is 11.2. The summed E-state index contributed by atoms with van der Waals surface area (Å²) in [6.45, 7) is 3.23. The number of benzene rings is 2. The predicted octanol–water partition coefficient (Wildman–Crippen LogP) is 6.07. The summed E-state index contributed by atoms with van der Waals surface area (Å²) in [5, 5.41) is 4.34. The van der Waals surface area contributed by atoms with Gasteiger partial charge in [0.25, 0.3) is 5.91 Å². The van der Waals surface area contributed by atoms with Crippen molar-refractivity contribution >= 4 is 35.2 Å². The minimum Gasteiger partial charge on any atom is -0.450 e. The molecule has 1 aliphatic heterocycles. The minimum absolute atomic E-state index is 0.0325. The van der Waals surface area contributed by atoms with Crippen LogP contribution in [0.15, 0.2) is 60.7 Å². The van der Waals surface area contributed by atoms with E-state index < -0.39 is 0 Å². The van der Waals surface area contributed by atoms with Crippen LogP contribution in [0.1, 0.15) is 30.3 Å². The number of carbonyl (C=O) groups excluding carboxylic acids is 2. The molecule has 0 unspecified atom stereocenters. The van der Waals surface area contributed by atoms with Gasteiger partial charge in [-0.3, -0.25) is 4.79 Å². The molecule has 8 heteroatoms. The Morgan fingerprint density at radius 2 is 1.53 bits per heavy atom. The lowest BCUT2D eigenvalue weighted by Gasteiger charge is -2.31. The van der Waals surface area contributed by atoms with E-state index in [-0.39, 0.29) is 18.0 Å². The average molecular weight is 498 g/mol. The molecule has 0 radical (unpaired) electrons. The van der Waals surface area contributed by atoms with E-state index in [2.05, 4.69) is 5.32 Å². The molecule has 6 nitrogen and oxygen atoms in total. The first kappa shape index (κ1) is 24.0. The Labute approximate surface area is 208 Å². The fourth-order valence-corrected chi connectivity index (χ4v) is 4.21. The van der Waals surface area contributed by atoms with Crippen LogP contribution in [0, 0.1) is 0 Å². The summed E-state index contributed by atoms with van der Waals surface area (Å²) in [5.74, 6) is -0.243. The third-order valence-electron chi connectivity index (χ3n) is 5.76. The van der Waals surface area contributed by atoms with Crippen LogP contribution < -0.4 is 5.32 Å². The number of pyridine rings is 1. The molecule has 2 aromatic carbocycles. The Morgan fingerprint density at radius 3 is 2.12 bits per heavy atom. The number of halogens is 2. The average Bonchev–Trinajstić information content (AvgIpc) is 2.85. The van der Waals surface area contributed by atoms with Crippen LogP contribution in [0.2, 0.25) is 10.0 Å². The number of ether oxygens (including phenoxy) is 1. The Hall–Kier alpha value is -3.09. The molecule has 1 aromatic heterocycles. The number of nitrogens with one attached hydrogen (secondary N) is 1. The number of carbonyl (C=O) groups is 2. The zero-order valence-corrected chi connectivity index (χ0v) is 20.3. The molecule has 0 aliphatic carbocycles. The summed E-state index contributed by atoms with van der Waals surface area (Å²) in [5.41, 5.74) is 3.70. The van der Waals surface area contributed by atoms with Crippen molar-refractivity contribution < 1.29 is 14.3 Å². The lowest BCUT2D eigenvalue weighted by molar-refractivity contribution is 0.0856. The standard InChI is InChI=1S/C26H25Cl2N3O3/c1-2-34-26(33)31-15-13-21(14-16-31)29-25(32)23-12-11-22(17-3-7-19(27)8-4-17)24(30-23)18-5-9-20(28)10-6-18/h3-12,21H,2,13-16H2,1H3,(H,29,32). The molecule has 3 aromatic rings. The van der Waals surface area contributed by atoms with Gasteiger partial charge >= 0.3 is 6.09 Å². The van der Waals surface area contributed by atoms with Crippen molar-refractivity contribution in [3.63, 3.8) is 0 Å². The molecule has 0 saturated carbocycles. The van der Waals surface area contributed by atoms with Crippen LogP contribution >= 0.6 is 23.2 Å². The highest BCUT2D eigenvalue weighted by molar-refractivity contribution is 6.31. The highest BCUT2D eigenvalue weighted by Gasteiger charge is 2.25. The second kappa shape index (κ2) is 10.9. The van der Waals surface area contributed by atoms with Crippen molar-refractivity contribution in [3.8, 4) is 22.4 Å². The number of amides is 2. The highest BCUT2D eigenvalue weighted by atomic mass is 35.5. The number of likely N-dealkylation sites (tertiary alicyclic amines) is 1. The normalized spacial score (nSPS) is 14.0.